The molecule has 4 nitrogen and oxygen atoms in total. The minimum atomic E-state index is 0.446. The van der Waals surface area contributed by atoms with Crippen LogP contribution in [0.25, 0.3) is 0 Å². The summed E-state index contributed by atoms with van der Waals surface area (Å²) < 4.78 is 0. The molecular weight excluding hydrogens is 156 g/mol. The summed E-state index contributed by atoms with van der Waals surface area (Å²) in [6.07, 6.45) is 0.977. The maximum absolute atomic E-state index is 10.4. The lowest BCUT2D eigenvalue weighted by Crippen LogP contribution is -2.35. The van der Waals surface area contributed by atoms with Crippen molar-refractivity contribution in [1.82, 2.24) is 5.43 Å². The summed E-state index contributed by atoms with van der Waals surface area (Å²) >= 11 is 0. The Balaban J connectivity index is 2.79. The molecule has 1 aromatic carbocycles. The van der Waals surface area contributed by atoms with Crippen molar-refractivity contribution in [2.24, 2.45) is 0 Å². The molecule has 0 aliphatic rings. The van der Waals surface area contributed by atoms with Crippen molar-refractivity contribution in [3.8, 4) is 0 Å². The summed E-state index contributed by atoms with van der Waals surface area (Å²) in [7, 11) is 0. The van der Waals surface area contributed by atoms with Gasteiger partial charge in [0.05, 0.1) is 5.69 Å². The van der Waals surface area contributed by atoms with Crippen molar-refractivity contribution in [2.75, 3.05) is 5.01 Å². The van der Waals surface area contributed by atoms with E-state index in [0.29, 0.717) is 18.5 Å². The smallest absolute Gasteiger partial charge is 0.232 e. The van der Waals surface area contributed by atoms with E-state index in [-0.39, 0.29) is 0 Å². The molecular formula is C8H8N2O2. The van der Waals surface area contributed by atoms with Gasteiger partial charge in [-0.2, -0.15) is 0 Å². The molecule has 0 fully saturated rings. The molecule has 1 rings (SSSR count). The van der Waals surface area contributed by atoms with Gasteiger partial charge in [-0.3, -0.25) is 15.0 Å². The third kappa shape index (κ3) is 1.82. The van der Waals surface area contributed by atoms with Gasteiger partial charge in [0.15, 0.2) is 0 Å². The average Bonchev–Trinajstić information content (AvgIpc) is 2.15. The third-order valence-corrected chi connectivity index (χ3v) is 1.33. The van der Waals surface area contributed by atoms with Gasteiger partial charge in [0, 0.05) is 0 Å². The summed E-state index contributed by atoms with van der Waals surface area (Å²) in [6.45, 7) is 0. The molecule has 2 amide bonds. The highest BCUT2D eigenvalue weighted by atomic mass is 16.2. The van der Waals surface area contributed by atoms with Crippen LogP contribution in [0, 0.1) is 0 Å². The fourth-order valence-electron chi connectivity index (χ4n) is 0.811. The molecule has 0 saturated carbocycles. The van der Waals surface area contributed by atoms with Crippen molar-refractivity contribution >= 4 is 18.5 Å². The van der Waals surface area contributed by atoms with Gasteiger partial charge >= 0.3 is 0 Å². The Kier molecular flexibility index (Phi) is 2.84. The van der Waals surface area contributed by atoms with Gasteiger partial charge in [0.2, 0.25) is 12.8 Å². The number of nitrogens with zero attached hydrogens (tertiary/aromatic N) is 1. The molecule has 0 spiro atoms. The molecule has 0 aliphatic carbocycles. The second kappa shape index (κ2) is 4.12. The van der Waals surface area contributed by atoms with E-state index in [1.807, 2.05) is 6.07 Å². The largest absolute Gasteiger partial charge is 0.277 e. The minimum absolute atomic E-state index is 0.446. The summed E-state index contributed by atoms with van der Waals surface area (Å²) in [5.74, 6) is 0. The van der Waals surface area contributed by atoms with E-state index in [1.54, 1.807) is 24.3 Å². The second-order valence-corrected chi connectivity index (χ2v) is 2.06. The molecule has 1 aromatic rings. The van der Waals surface area contributed by atoms with Crippen LogP contribution < -0.4 is 10.4 Å². The normalized spacial score (nSPS) is 8.67. The molecule has 0 saturated heterocycles. The monoisotopic (exact) mass is 164 g/mol. The molecule has 62 valence electrons. The van der Waals surface area contributed by atoms with Crippen LogP contribution in [0.4, 0.5) is 5.69 Å². The van der Waals surface area contributed by atoms with E-state index in [9.17, 15) is 9.59 Å². The SMILES string of the molecule is O=CNN(C=O)c1ccccc1. The highest BCUT2D eigenvalue weighted by Crippen LogP contribution is 2.07. The van der Waals surface area contributed by atoms with Crippen LogP contribution in [0.2, 0.25) is 0 Å². The number of hydrogen-bond donors (Lipinski definition) is 1. The zero-order valence-corrected chi connectivity index (χ0v) is 6.31. The van der Waals surface area contributed by atoms with Crippen molar-refractivity contribution in [3.05, 3.63) is 30.3 Å². The summed E-state index contributed by atoms with van der Waals surface area (Å²) in [5.41, 5.74) is 2.86. The molecule has 4 heteroatoms. The number of amides is 2. The number of hydrogen-bond acceptors (Lipinski definition) is 2. The Hall–Kier alpha value is -1.84. The highest BCUT2D eigenvalue weighted by molar-refractivity contribution is 5.76. The molecule has 12 heavy (non-hydrogen) atoms. The van der Waals surface area contributed by atoms with Crippen molar-refractivity contribution in [3.63, 3.8) is 0 Å². The number of para-hydroxylation sites is 1. The molecule has 0 radical (unpaired) electrons. The van der Waals surface area contributed by atoms with E-state index in [2.05, 4.69) is 5.43 Å². The zero-order valence-electron chi connectivity index (χ0n) is 6.31. The Morgan fingerprint density at radius 2 is 1.83 bits per heavy atom. The first-order valence-electron chi connectivity index (χ1n) is 3.38. The molecule has 0 atom stereocenters. The maximum Gasteiger partial charge on any atom is 0.232 e. The van der Waals surface area contributed by atoms with Gasteiger partial charge in [-0.05, 0) is 12.1 Å². The fraction of sp³-hybridized carbons (Fsp3) is 0. The van der Waals surface area contributed by atoms with Gasteiger partial charge in [0.25, 0.3) is 0 Å². The van der Waals surface area contributed by atoms with Crippen molar-refractivity contribution < 1.29 is 9.59 Å². The van der Waals surface area contributed by atoms with Crippen LogP contribution >= 0.6 is 0 Å². The number of nitrogens with one attached hydrogen (secondary N) is 1. The van der Waals surface area contributed by atoms with Crippen molar-refractivity contribution in [2.45, 2.75) is 0 Å². The van der Waals surface area contributed by atoms with Gasteiger partial charge in [-0.25, -0.2) is 5.01 Å². The van der Waals surface area contributed by atoms with Crippen LogP contribution in [0.1, 0.15) is 0 Å². The number of anilines is 1. The lowest BCUT2D eigenvalue weighted by atomic mass is 10.3. The molecule has 0 unspecified atom stereocenters. The van der Waals surface area contributed by atoms with E-state index in [4.69, 9.17) is 0 Å². The molecule has 0 aromatic heterocycles. The van der Waals surface area contributed by atoms with Crippen LogP contribution in [-0.4, -0.2) is 12.8 Å². The van der Waals surface area contributed by atoms with E-state index in [1.165, 1.54) is 0 Å². The number of carbonyl (C=O) groups excluding carboxylic acids is 2. The molecule has 0 bridgehead atoms. The van der Waals surface area contributed by atoms with Crippen LogP contribution in [-0.2, 0) is 9.59 Å². The predicted molar refractivity (Wildman–Crippen MR) is 44.2 cm³/mol. The topological polar surface area (TPSA) is 49.4 Å². The first-order valence-corrected chi connectivity index (χ1v) is 3.38. The zero-order chi connectivity index (χ0) is 8.81. The van der Waals surface area contributed by atoms with Crippen LogP contribution in [0.15, 0.2) is 30.3 Å². The van der Waals surface area contributed by atoms with E-state index < -0.39 is 0 Å². The summed E-state index contributed by atoms with van der Waals surface area (Å²) in [5, 5.41) is 1.09. The average molecular weight is 164 g/mol. The molecule has 0 aliphatic heterocycles. The Morgan fingerprint density at radius 1 is 1.17 bits per heavy atom. The van der Waals surface area contributed by atoms with Crippen LogP contribution in [0.5, 0.6) is 0 Å². The second-order valence-electron chi connectivity index (χ2n) is 2.06. The van der Waals surface area contributed by atoms with Gasteiger partial charge in [0.1, 0.15) is 0 Å². The Morgan fingerprint density at radius 3 is 2.33 bits per heavy atom. The van der Waals surface area contributed by atoms with Crippen molar-refractivity contribution in [1.29, 1.82) is 0 Å². The Labute approximate surface area is 69.8 Å². The lowest BCUT2D eigenvalue weighted by molar-refractivity contribution is -0.113. The first kappa shape index (κ1) is 8.26. The van der Waals surface area contributed by atoms with E-state index >= 15 is 0 Å². The molecule has 1 N–H and O–H groups in total. The van der Waals surface area contributed by atoms with Gasteiger partial charge in [-0.1, -0.05) is 18.2 Å². The number of hydrazine groups is 1. The number of benzene rings is 1. The third-order valence-electron chi connectivity index (χ3n) is 1.33. The van der Waals surface area contributed by atoms with Crippen LogP contribution in [0.3, 0.4) is 0 Å². The first-order chi connectivity index (χ1) is 5.88. The number of carbonyl (C=O) groups is 2. The predicted octanol–water partition coefficient (Wildman–Crippen LogP) is 0.310. The summed E-state index contributed by atoms with van der Waals surface area (Å²) in [6, 6.07) is 8.81. The highest BCUT2D eigenvalue weighted by Gasteiger charge is 2.00. The fourth-order valence-corrected chi connectivity index (χ4v) is 0.811. The summed E-state index contributed by atoms with van der Waals surface area (Å²) in [4.78, 5) is 20.4. The van der Waals surface area contributed by atoms with Gasteiger partial charge in [-0.15, -0.1) is 0 Å². The van der Waals surface area contributed by atoms with E-state index in [0.717, 1.165) is 5.01 Å². The maximum atomic E-state index is 10.4. The van der Waals surface area contributed by atoms with Gasteiger partial charge < -0.3 is 0 Å². The minimum Gasteiger partial charge on any atom is -0.277 e. The molecule has 0 heterocycles. The number of rotatable bonds is 4. The lowest BCUT2D eigenvalue weighted by Gasteiger charge is -2.14. The standard InChI is InChI=1S/C8H8N2O2/c11-6-9-10(7-12)8-4-2-1-3-5-8/h1-7H,(H,9,11). The Bertz CT molecular complexity index is 261. The quantitative estimate of drug-likeness (QED) is 0.514.